The lowest BCUT2D eigenvalue weighted by atomic mass is 9.98. The Labute approximate surface area is 342 Å². The SMILES string of the molecule is c1ccc(-c2cccc3c2c2c4cccc5c4n(c2n3-c2ccc3ccccc3c2)-c2cc(-c3cccc(-c4ccc6c(c4)sc4ccccc46)c3)ccc2S5)cc1. The Hall–Kier alpha value is -6.85. The van der Waals surface area contributed by atoms with Gasteiger partial charge in [0, 0.05) is 51.8 Å². The van der Waals surface area contributed by atoms with Crippen LogP contribution in [0.5, 0.6) is 0 Å². The monoisotopic (exact) mass is 772 g/mol. The molecule has 2 nitrogen and oxygen atoms in total. The molecule has 270 valence electrons. The average Bonchev–Trinajstić information content (AvgIpc) is 3.95. The molecule has 0 radical (unpaired) electrons. The predicted octanol–water partition coefficient (Wildman–Crippen LogP) is 15.7. The van der Waals surface area contributed by atoms with Crippen LogP contribution in [0.2, 0.25) is 0 Å². The van der Waals surface area contributed by atoms with Crippen LogP contribution in [-0.2, 0) is 0 Å². The predicted molar refractivity (Wildman–Crippen MR) is 248 cm³/mol. The summed E-state index contributed by atoms with van der Waals surface area (Å²) in [5.74, 6) is 0. The van der Waals surface area contributed by atoms with Crippen molar-refractivity contribution in [3.05, 3.63) is 194 Å². The van der Waals surface area contributed by atoms with Crippen molar-refractivity contribution in [1.82, 2.24) is 9.13 Å². The van der Waals surface area contributed by atoms with E-state index in [0.717, 1.165) is 5.69 Å². The number of benzene rings is 9. The zero-order valence-corrected chi connectivity index (χ0v) is 32.8. The smallest absolute Gasteiger partial charge is 0.131 e. The molecule has 13 rings (SSSR count). The van der Waals surface area contributed by atoms with Crippen LogP contribution in [0, 0.1) is 0 Å². The second-order valence-corrected chi connectivity index (χ2v) is 17.5. The minimum atomic E-state index is 1.16. The molecule has 0 atom stereocenters. The lowest BCUT2D eigenvalue weighted by molar-refractivity contribution is 1.03. The second-order valence-electron chi connectivity index (χ2n) is 15.3. The van der Waals surface area contributed by atoms with E-state index in [1.54, 1.807) is 0 Å². The van der Waals surface area contributed by atoms with Gasteiger partial charge < -0.3 is 0 Å². The standard InChI is InChI=1S/C54H32N2S2/c1-2-12-34(13-3-1)41-18-9-20-45-51(41)52-44-19-10-22-49-53(44)56(54(52)55(45)40-26-23-33-11-4-5-14-37(33)30-40)46-31-38(25-28-48(46)58-49)35-15-8-16-36(29-35)39-24-27-43-42-17-6-7-21-47(42)57-50(43)32-39/h1-32H. The number of aromatic nitrogens is 2. The molecule has 3 aromatic heterocycles. The first-order valence-electron chi connectivity index (χ1n) is 19.7. The van der Waals surface area contributed by atoms with Gasteiger partial charge in [-0.15, -0.1) is 11.3 Å². The fourth-order valence-corrected chi connectivity index (χ4v) is 11.7. The summed E-state index contributed by atoms with van der Waals surface area (Å²) in [6, 6.07) is 71.9. The topological polar surface area (TPSA) is 9.86 Å². The average molecular weight is 773 g/mol. The summed E-state index contributed by atoms with van der Waals surface area (Å²) >= 11 is 3.75. The lowest BCUT2D eigenvalue weighted by Gasteiger charge is -2.22. The van der Waals surface area contributed by atoms with Crippen molar-refractivity contribution in [3.63, 3.8) is 0 Å². The zero-order chi connectivity index (χ0) is 37.9. The third-order valence-electron chi connectivity index (χ3n) is 12.1. The first-order chi connectivity index (χ1) is 28.7. The molecule has 0 bridgehead atoms. The van der Waals surface area contributed by atoms with Gasteiger partial charge in [0.1, 0.15) is 5.65 Å². The number of para-hydroxylation sites is 1. The van der Waals surface area contributed by atoms with Crippen LogP contribution >= 0.6 is 23.1 Å². The molecule has 0 saturated carbocycles. The number of rotatable bonds is 4. The maximum absolute atomic E-state index is 2.57. The number of fused-ring (bicyclic) bond motifs is 11. The van der Waals surface area contributed by atoms with Gasteiger partial charge in [0.05, 0.1) is 16.7 Å². The summed E-state index contributed by atoms with van der Waals surface area (Å²) in [7, 11) is 0. The molecule has 9 aromatic carbocycles. The normalized spacial score (nSPS) is 12.4. The van der Waals surface area contributed by atoms with E-state index in [9.17, 15) is 0 Å². The molecular formula is C54H32N2S2. The quantitative estimate of drug-likeness (QED) is 0.173. The highest BCUT2D eigenvalue weighted by Gasteiger charge is 2.29. The molecule has 0 N–H and O–H groups in total. The molecule has 0 spiro atoms. The van der Waals surface area contributed by atoms with Gasteiger partial charge in [-0.1, -0.05) is 151 Å². The van der Waals surface area contributed by atoms with Crippen LogP contribution in [0.15, 0.2) is 204 Å². The Bertz CT molecular complexity index is 3660. The summed E-state index contributed by atoms with van der Waals surface area (Å²) < 4.78 is 7.75. The minimum Gasteiger partial charge on any atom is -0.295 e. The van der Waals surface area contributed by atoms with Crippen molar-refractivity contribution >= 4 is 86.9 Å². The van der Waals surface area contributed by atoms with E-state index in [1.165, 1.54) is 113 Å². The van der Waals surface area contributed by atoms with Crippen LogP contribution in [-0.4, -0.2) is 9.13 Å². The van der Waals surface area contributed by atoms with E-state index in [2.05, 4.69) is 203 Å². The van der Waals surface area contributed by atoms with Gasteiger partial charge in [0.2, 0.25) is 0 Å². The third-order valence-corrected chi connectivity index (χ3v) is 14.3. The van der Waals surface area contributed by atoms with Gasteiger partial charge in [0.25, 0.3) is 0 Å². The highest BCUT2D eigenvalue weighted by atomic mass is 32.2. The van der Waals surface area contributed by atoms with Gasteiger partial charge in [-0.25, -0.2) is 0 Å². The molecule has 1 aliphatic rings. The van der Waals surface area contributed by atoms with Crippen LogP contribution in [0.1, 0.15) is 0 Å². The molecule has 0 fully saturated rings. The van der Waals surface area contributed by atoms with Crippen molar-refractivity contribution in [2.75, 3.05) is 0 Å². The fraction of sp³-hybridized carbons (Fsp3) is 0. The molecule has 12 aromatic rings. The van der Waals surface area contributed by atoms with Gasteiger partial charge in [-0.2, -0.15) is 0 Å². The Balaban J connectivity index is 1.06. The largest absolute Gasteiger partial charge is 0.295 e. The van der Waals surface area contributed by atoms with Crippen LogP contribution in [0.3, 0.4) is 0 Å². The minimum absolute atomic E-state index is 1.16. The van der Waals surface area contributed by atoms with Crippen molar-refractivity contribution in [2.45, 2.75) is 9.79 Å². The van der Waals surface area contributed by atoms with E-state index >= 15 is 0 Å². The van der Waals surface area contributed by atoms with E-state index < -0.39 is 0 Å². The molecule has 58 heavy (non-hydrogen) atoms. The highest BCUT2D eigenvalue weighted by Crippen LogP contribution is 2.51. The van der Waals surface area contributed by atoms with Gasteiger partial charge in [0.15, 0.2) is 0 Å². The maximum Gasteiger partial charge on any atom is 0.131 e. The number of thiophene rings is 1. The summed E-state index contributed by atoms with van der Waals surface area (Å²) in [4.78, 5) is 2.54. The van der Waals surface area contributed by atoms with E-state index in [-0.39, 0.29) is 0 Å². The molecule has 1 aliphatic heterocycles. The van der Waals surface area contributed by atoms with Gasteiger partial charge in [-0.3, -0.25) is 9.13 Å². The van der Waals surface area contributed by atoms with Crippen LogP contribution in [0.25, 0.3) is 109 Å². The summed E-state index contributed by atoms with van der Waals surface area (Å²) in [6.07, 6.45) is 0. The molecule has 4 heterocycles. The van der Waals surface area contributed by atoms with E-state index in [1.807, 2.05) is 23.1 Å². The molecule has 4 heteroatoms. The van der Waals surface area contributed by atoms with Crippen LogP contribution in [0.4, 0.5) is 0 Å². The van der Waals surface area contributed by atoms with Crippen molar-refractivity contribution in [2.24, 2.45) is 0 Å². The first-order valence-corrected chi connectivity index (χ1v) is 21.4. The first kappa shape index (κ1) is 32.3. The summed E-state index contributed by atoms with van der Waals surface area (Å²) in [5, 5.41) is 8.99. The Morgan fingerprint density at radius 1 is 0.379 bits per heavy atom. The number of hydrogen-bond acceptors (Lipinski definition) is 2. The van der Waals surface area contributed by atoms with E-state index in [4.69, 9.17) is 0 Å². The second kappa shape index (κ2) is 12.3. The highest BCUT2D eigenvalue weighted by molar-refractivity contribution is 7.99. The lowest BCUT2D eigenvalue weighted by Crippen LogP contribution is -2.06. The maximum atomic E-state index is 2.57. The summed E-state index contributed by atoms with van der Waals surface area (Å²) in [5.41, 5.74) is 13.4. The van der Waals surface area contributed by atoms with Crippen molar-refractivity contribution in [3.8, 4) is 44.8 Å². The molecule has 0 aliphatic carbocycles. The molecule has 0 amide bonds. The van der Waals surface area contributed by atoms with Gasteiger partial charge >= 0.3 is 0 Å². The van der Waals surface area contributed by atoms with Gasteiger partial charge in [-0.05, 0) is 98.8 Å². The Morgan fingerprint density at radius 3 is 2.00 bits per heavy atom. The van der Waals surface area contributed by atoms with Crippen molar-refractivity contribution < 1.29 is 0 Å². The molecule has 0 saturated heterocycles. The summed E-state index contributed by atoms with van der Waals surface area (Å²) in [6.45, 7) is 0. The Kier molecular flexibility index (Phi) is 6.85. The molecular weight excluding hydrogens is 741 g/mol. The van der Waals surface area contributed by atoms with Crippen LogP contribution < -0.4 is 0 Å². The Morgan fingerprint density at radius 2 is 1.09 bits per heavy atom. The third kappa shape index (κ3) is 4.67. The zero-order valence-electron chi connectivity index (χ0n) is 31.2. The van der Waals surface area contributed by atoms with E-state index in [0.29, 0.717) is 0 Å². The molecule has 0 unspecified atom stereocenters. The van der Waals surface area contributed by atoms with Crippen molar-refractivity contribution in [1.29, 1.82) is 0 Å². The number of nitrogens with zero attached hydrogens (tertiary/aromatic N) is 2. The number of hydrogen-bond donors (Lipinski definition) is 0. The fourth-order valence-electron chi connectivity index (χ4n) is 9.47.